The van der Waals surface area contributed by atoms with Crippen LogP contribution in [0.2, 0.25) is 0 Å². The summed E-state index contributed by atoms with van der Waals surface area (Å²) in [5.74, 6) is -0.0495. The van der Waals surface area contributed by atoms with Crippen molar-refractivity contribution in [1.29, 1.82) is 0 Å². The van der Waals surface area contributed by atoms with Crippen molar-refractivity contribution in [3.63, 3.8) is 0 Å². The maximum Gasteiger partial charge on any atom is 0.220 e. The molecule has 1 amide bonds. The Kier molecular flexibility index (Phi) is 5.97. The second-order valence-electron chi connectivity index (χ2n) is 5.22. The molecular formula is C15H20INO2. The molecule has 3 nitrogen and oxygen atoms in total. The topological polar surface area (TPSA) is 46.2 Å². The molecule has 0 saturated carbocycles. The van der Waals surface area contributed by atoms with Gasteiger partial charge in [0.05, 0.1) is 0 Å². The minimum absolute atomic E-state index is 0.0147. The molecule has 0 radical (unpaired) electrons. The van der Waals surface area contributed by atoms with Crippen molar-refractivity contribution in [3.05, 3.63) is 33.4 Å². The van der Waals surface area contributed by atoms with E-state index >= 15 is 0 Å². The number of rotatable bonds is 6. The van der Waals surface area contributed by atoms with Crippen LogP contribution in [0.15, 0.2) is 24.3 Å². The van der Waals surface area contributed by atoms with Crippen molar-refractivity contribution in [1.82, 2.24) is 5.32 Å². The van der Waals surface area contributed by atoms with E-state index in [0.29, 0.717) is 5.56 Å². The van der Waals surface area contributed by atoms with Gasteiger partial charge in [-0.3, -0.25) is 9.59 Å². The molecule has 0 bridgehead atoms. The highest BCUT2D eigenvalue weighted by molar-refractivity contribution is 14.1. The van der Waals surface area contributed by atoms with Crippen molar-refractivity contribution in [2.45, 2.75) is 45.6 Å². The van der Waals surface area contributed by atoms with Crippen LogP contribution < -0.4 is 5.32 Å². The van der Waals surface area contributed by atoms with Crippen molar-refractivity contribution in [2.24, 2.45) is 0 Å². The smallest absolute Gasteiger partial charge is 0.220 e. The van der Waals surface area contributed by atoms with Crippen LogP contribution in [0.1, 0.15) is 50.4 Å². The average molecular weight is 373 g/mol. The predicted octanol–water partition coefficient (Wildman–Crippen LogP) is 3.56. The third-order valence-electron chi connectivity index (χ3n) is 3.11. The highest BCUT2D eigenvalue weighted by Crippen LogP contribution is 2.11. The van der Waals surface area contributed by atoms with Crippen LogP contribution in [0, 0.1) is 3.57 Å². The van der Waals surface area contributed by atoms with Gasteiger partial charge in [-0.25, -0.2) is 0 Å². The fourth-order valence-electron chi connectivity index (χ4n) is 1.54. The number of ketones is 1. The standard InChI is InChI=1S/C15H20INO2/c1-4-15(2,3)17-14(19)10-9-13(18)11-5-7-12(16)8-6-11/h5-8H,4,9-10H2,1-3H3,(H,17,19). The molecule has 1 aromatic rings. The molecule has 0 unspecified atom stereocenters. The third kappa shape index (κ3) is 5.72. The molecule has 19 heavy (non-hydrogen) atoms. The van der Waals surface area contributed by atoms with Gasteiger partial charge in [0.25, 0.3) is 0 Å². The first kappa shape index (κ1) is 16.1. The lowest BCUT2D eigenvalue weighted by atomic mass is 10.0. The summed E-state index contributed by atoms with van der Waals surface area (Å²) in [6.07, 6.45) is 1.37. The second kappa shape index (κ2) is 7.03. The quantitative estimate of drug-likeness (QED) is 0.612. The van der Waals surface area contributed by atoms with Gasteiger partial charge >= 0.3 is 0 Å². The molecule has 1 N–H and O–H groups in total. The average Bonchev–Trinajstić information content (AvgIpc) is 2.36. The summed E-state index contributed by atoms with van der Waals surface area (Å²) in [5.41, 5.74) is 0.464. The number of carbonyl (C=O) groups excluding carboxylic acids is 2. The Hall–Kier alpha value is -0.910. The van der Waals surface area contributed by atoms with E-state index in [2.05, 4.69) is 27.9 Å². The monoisotopic (exact) mass is 373 g/mol. The predicted molar refractivity (Wildman–Crippen MR) is 85.2 cm³/mol. The molecule has 0 spiro atoms. The van der Waals surface area contributed by atoms with Gasteiger partial charge in [-0.05, 0) is 55.0 Å². The number of carbonyl (C=O) groups is 2. The minimum Gasteiger partial charge on any atom is -0.351 e. The van der Waals surface area contributed by atoms with Gasteiger partial charge in [0.2, 0.25) is 5.91 Å². The molecule has 0 aliphatic carbocycles. The first-order valence-electron chi connectivity index (χ1n) is 6.44. The Morgan fingerprint density at radius 3 is 2.26 bits per heavy atom. The van der Waals surface area contributed by atoms with E-state index in [4.69, 9.17) is 0 Å². The maximum absolute atomic E-state index is 11.9. The van der Waals surface area contributed by atoms with Crippen molar-refractivity contribution >= 4 is 34.3 Å². The zero-order chi connectivity index (χ0) is 14.5. The second-order valence-corrected chi connectivity index (χ2v) is 6.46. The van der Waals surface area contributed by atoms with Gasteiger partial charge in [0.1, 0.15) is 0 Å². The minimum atomic E-state index is -0.205. The number of halogens is 1. The highest BCUT2D eigenvalue weighted by atomic mass is 127. The highest BCUT2D eigenvalue weighted by Gasteiger charge is 2.18. The van der Waals surface area contributed by atoms with Crippen LogP contribution >= 0.6 is 22.6 Å². The van der Waals surface area contributed by atoms with Gasteiger partial charge in [0.15, 0.2) is 5.78 Å². The first-order valence-corrected chi connectivity index (χ1v) is 7.52. The molecule has 104 valence electrons. The summed E-state index contributed by atoms with van der Waals surface area (Å²) in [6.45, 7) is 5.98. The van der Waals surface area contributed by atoms with E-state index in [1.54, 1.807) is 12.1 Å². The van der Waals surface area contributed by atoms with Gasteiger partial charge in [-0.1, -0.05) is 19.1 Å². The van der Waals surface area contributed by atoms with Crippen LogP contribution in [0.4, 0.5) is 0 Å². The van der Waals surface area contributed by atoms with E-state index in [9.17, 15) is 9.59 Å². The Bertz CT molecular complexity index is 452. The summed E-state index contributed by atoms with van der Waals surface area (Å²) in [7, 11) is 0. The molecule has 0 saturated heterocycles. The van der Waals surface area contributed by atoms with Gasteiger partial charge in [0, 0.05) is 27.5 Å². The van der Waals surface area contributed by atoms with Crippen LogP contribution in [0.5, 0.6) is 0 Å². The number of benzene rings is 1. The van der Waals surface area contributed by atoms with Gasteiger partial charge in [-0.15, -0.1) is 0 Å². The number of hydrogen-bond acceptors (Lipinski definition) is 2. The van der Waals surface area contributed by atoms with E-state index < -0.39 is 0 Å². The van der Waals surface area contributed by atoms with Crippen LogP contribution in [-0.2, 0) is 4.79 Å². The van der Waals surface area contributed by atoms with E-state index in [1.807, 2.05) is 32.9 Å². The first-order chi connectivity index (χ1) is 8.84. The molecule has 4 heteroatoms. The molecule has 0 aromatic heterocycles. The molecule has 0 aliphatic heterocycles. The Balaban J connectivity index is 2.46. The lowest BCUT2D eigenvalue weighted by molar-refractivity contribution is -0.122. The number of hydrogen-bond donors (Lipinski definition) is 1. The number of amides is 1. The molecule has 0 heterocycles. The molecule has 0 fully saturated rings. The van der Waals surface area contributed by atoms with Gasteiger partial charge < -0.3 is 5.32 Å². The maximum atomic E-state index is 11.9. The summed E-state index contributed by atoms with van der Waals surface area (Å²) in [4.78, 5) is 23.7. The lowest BCUT2D eigenvalue weighted by Crippen LogP contribution is -2.42. The van der Waals surface area contributed by atoms with Gasteiger partial charge in [-0.2, -0.15) is 0 Å². The molecule has 0 atom stereocenters. The summed E-state index contributed by atoms with van der Waals surface area (Å²) < 4.78 is 1.09. The number of nitrogens with one attached hydrogen (secondary N) is 1. The molecular weight excluding hydrogens is 353 g/mol. The van der Waals surface area contributed by atoms with Crippen molar-refractivity contribution in [2.75, 3.05) is 0 Å². The van der Waals surface area contributed by atoms with Crippen LogP contribution in [0.25, 0.3) is 0 Å². The fraction of sp³-hybridized carbons (Fsp3) is 0.467. The zero-order valence-corrected chi connectivity index (χ0v) is 13.8. The third-order valence-corrected chi connectivity index (χ3v) is 3.83. The largest absolute Gasteiger partial charge is 0.351 e. The van der Waals surface area contributed by atoms with E-state index in [1.165, 1.54) is 0 Å². The Morgan fingerprint density at radius 2 is 1.74 bits per heavy atom. The fourth-order valence-corrected chi connectivity index (χ4v) is 1.90. The van der Waals surface area contributed by atoms with Crippen LogP contribution in [-0.4, -0.2) is 17.2 Å². The lowest BCUT2D eigenvalue weighted by Gasteiger charge is -2.24. The van der Waals surface area contributed by atoms with E-state index in [-0.39, 0.29) is 30.1 Å². The summed E-state index contributed by atoms with van der Waals surface area (Å²) in [5, 5.41) is 2.93. The van der Waals surface area contributed by atoms with Crippen LogP contribution in [0.3, 0.4) is 0 Å². The Morgan fingerprint density at radius 1 is 1.16 bits per heavy atom. The van der Waals surface area contributed by atoms with E-state index in [0.717, 1.165) is 9.99 Å². The van der Waals surface area contributed by atoms with Crippen molar-refractivity contribution in [3.8, 4) is 0 Å². The normalized spacial score (nSPS) is 11.2. The summed E-state index contributed by atoms with van der Waals surface area (Å²) >= 11 is 2.20. The summed E-state index contributed by atoms with van der Waals surface area (Å²) in [6, 6.07) is 7.40. The molecule has 0 aliphatic rings. The molecule has 1 aromatic carbocycles. The molecule has 1 rings (SSSR count). The number of Topliss-reactive ketones (excluding diaryl/α,β-unsaturated/α-hetero) is 1. The Labute approximate surface area is 128 Å². The zero-order valence-electron chi connectivity index (χ0n) is 11.6. The van der Waals surface area contributed by atoms with Crippen molar-refractivity contribution < 1.29 is 9.59 Å². The SMILES string of the molecule is CCC(C)(C)NC(=O)CCC(=O)c1ccc(I)cc1.